The molecule has 1 aliphatic rings. The van der Waals surface area contributed by atoms with Gasteiger partial charge in [0.15, 0.2) is 0 Å². The van der Waals surface area contributed by atoms with Gasteiger partial charge in [0.1, 0.15) is 5.69 Å². The molecule has 0 atom stereocenters. The highest BCUT2D eigenvalue weighted by Gasteiger charge is 2.38. The predicted molar refractivity (Wildman–Crippen MR) is 137 cm³/mol. The first-order valence-corrected chi connectivity index (χ1v) is 13.2. The Morgan fingerprint density at radius 1 is 1.11 bits per heavy atom. The molecule has 1 amide bonds. The SMILES string of the molecule is Cc1ccc2c(c1)c(-c1ccc(C)[nH]c1=O)c(C(=O)NS(=O)(=O)C1CC1)n2Cc1ccccc1Cl. The van der Waals surface area contributed by atoms with Crippen LogP contribution >= 0.6 is 11.6 Å². The smallest absolute Gasteiger partial charge is 0.282 e. The van der Waals surface area contributed by atoms with Crippen molar-refractivity contribution in [2.24, 2.45) is 0 Å². The second kappa shape index (κ2) is 8.70. The molecule has 9 heteroatoms. The summed E-state index contributed by atoms with van der Waals surface area (Å²) >= 11 is 6.44. The van der Waals surface area contributed by atoms with Gasteiger partial charge in [-0.2, -0.15) is 0 Å². The van der Waals surface area contributed by atoms with E-state index in [1.165, 1.54) is 0 Å². The van der Waals surface area contributed by atoms with Gasteiger partial charge >= 0.3 is 0 Å². The molecule has 4 aromatic rings. The first kappa shape index (κ1) is 23.4. The number of pyridine rings is 1. The van der Waals surface area contributed by atoms with Gasteiger partial charge in [-0.1, -0.05) is 41.4 Å². The molecule has 1 fully saturated rings. The number of nitrogens with zero attached hydrogens (tertiary/aromatic N) is 1. The van der Waals surface area contributed by atoms with Crippen molar-refractivity contribution in [3.8, 4) is 11.1 Å². The molecule has 5 rings (SSSR count). The third-order valence-electron chi connectivity index (χ3n) is 6.24. The Hall–Kier alpha value is -3.36. The van der Waals surface area contributed by atoms with Gasteiger partial charge in [-0.05, 0) is 62.6 Å². The molecule has 1 aliphatic carbocycles. The number of aryl methyl sites for hydroxylation is 2. The highest BCUT2D eigenvalue weighted by molar-refractivity contribution is 7.91. The van der Waals surface area contributed by atoms with Crippen LogP contribution in [0, 0.1) is 13.8 Å². The van der Waals surface area contributed by atoms with Crippen molar-refractivity contribution in [3.05, 3.63) is 92.5 Å². The highest BCUT2D eigenvalue weighted by Crippen LogP contribution is 2.36. The van der Waals surface area contributed by atoms with Crippen LogP contribution in [-0.4, -0.2) is 29.1 Å². The highest BCUT2D eigenvalue weighted by atomic mass is 35.5. The number of fused-ring (bicyclic) bond motifs is 1. The molecular weight excluding hydrogens is 486 g/mol. The van der Waals surface area contributed by atoms with Crippen molar-refractivity contribution in [2.75, 3.05) is 0 Å². The molecular formula is C26H24ClN3O4S. The monoisotopic (exact) mass is 509 g/mol. The number of H-pyrrole nitrogens is 1. The normalized spacial score (nSPS) is 13.8. The maximum absolute atomic E-state index is 13.7. The Morgan fingerprint density at radius 2 is 1.86 bits per heavy atom. The van der Waals surface area contributed by atoms with Crippen molar-refractivity contribution >= 4 is 38.4 Å². The molecule has 180 valence electrons. The van der Waals surface area contributed by atoms with Crippen LogP contribution in [-0.2, 0) is 16.6 Å². The van der Waals surface area contributed by atoms with Gasteiger partial charge in [-0.15, -0.1) is 0 Å². The van der Waals surface area contributed by atoms with Crippen LogP contribution in [0.4, 0.5) is 0 Å². The van der Waals surface area contributed by atoms with Crippen molar-refractivity contribution in [2.45, 2.75) is 38.5 Å². The van der Waals surface area contributed by atoms with Crippen molar-refractivity contribution in [3.63, 3.8) is 0 Å². The molecule has 7 nitrogen and oxygen atoms in total. The predicted octanol–water partition coefficient (Wildman–Crippen LogP) is 4.54. The number of halogens is 1. The van der Waals surface area contributed by atoms with Gasteiger partial charge in [0.25, 0.3) is 11.5 Å². The zero-order valence-corrected chi connectivity index (χ0v) is 20.8. The number of hydrogen-bond donors (Lipinski definition) is 2. The van der Waals surface area contributed by atoms with E-state index in [4.69, 9.17) is 11.6 Å². The zero-order chi connectivity index (χ0) is 24.9. The summed E-state index contributed by atoms with van der Waals surface area (Å²) in [5.41, 5.74) is 3.49. The molecule has 2 N–H and O–H groups in total. The summed E-state index contributed by atoms with van der Waals surface area (Å²) < 4.78 is 29.4. The van der Waals surface area contributed by atoms with Crippen LogP contribution in [0.2, 0.25) is 5.02 Å². The average molecular weight is 510 g/mol. The van der Waals surface area contributed by atoms with Crippen LogP contribution in [0.15, 0.2) is 59.4 Å². The number of amides is 1. The van der Waals surface area contributed by atoms with Crippen LogP contribution in [0.5, 0.6) is 0 Å². The summed E-state index contributed by atoms with van der Waals surface area (Å²) in [5.74, 6) is -0.771. The van der Waals surface area contributed by atoms with E-state index < -0.39 is 21.2 Å². The fraction of sp³-hybridized carbons (Fsp3) is 0.231. The molecule has 2 heterocycles. The lowest BCUT2D eigenvalue weighted by Gasteiger charge is -2.14. The number of aromatic nitrogens is 2. The fourth-order valence-corrected chi connectivity index (χ4v) is 5.82. The minimum atomic E-state index is -3.82. The summed E-state index contributed by atoms with van der Waals surface area (Å²) in [4.78, 5) is 29.5. The van der Waals surface area contributed by atoms with Crippen molar-refractivity contribution in [1.82, 2.24) is 14.3 Å². The van der Waals surface area contributed by atoms with E-state index in [0.717, 1.165) is 11.1 Å². The quantitative estimate of drug-likeness (QED) is 0.398. The van der Waals surface area contributed by atoms with E-state index in [9.17, 15) is 18.0 Å². The summed E-state index contributed by atoms with van der Waals surface area (Å²) in [6, 6.07) is 16.4. The van der Waals surface area contributed by atoms with E-state index in [-0.39, 0.29) is 23.4 Å². The molecule has 0 aliphatic heterocycles. The summed E-state index contributed by atoms with van der Waals surface area (Å²) in [6.45, 7) is 3.91. The third kappa shape index (κ3) is 4.39. The number of carbonyl (C=O) groups is 1. The molecule has 2 aromatic heterocycles. The number of hydrogen-bond acceptors (Lipinski definition) is 4. The van der Waals surface area contributed by atoms with Gasteiger partial charge in [0, 0.05) is 39.3 Å². The Morgan fingerprint density at radius 3 is 2.54 bits per heavy atom. The first-order valence-electron chi connectivity index (χ1n) is 11.3. The van der Waals surface area contributed by atoms with Gasteiger partial charge in [-0.3, -0.25) is 9.59 Å². The molecule has 35 heavy (non-hydrogen) atoms. The number of benzene rings is 2. The summed E-state index contributed by atoms with van der Waals surface area (Å²) in [5, 5.41) is 0.634. The maximum Gasteiger partial charge on any atom is 0.282 e. The second-order valence-corrected chi connectivity index (χ2v) is 11.3. The second-order valence-electron chi connectivity index (χ2n) is 8.98. The molecule has 0 radical (unpaired) electrons. The number of carbonyl (C=O) groups excluding carboxylic acids is 1. The third-order valence-corrected chi connectivity index (χ3v) is 8.43. The lowest BCUT2D eigenvalue weighted by Crippen LogP contribution is -2.35. The molecule has 0 spiro atoms. The standard InChI is InChI=1S/C26H24ClN3O4S/c1-15-7-12-22-20(13-15)23(19-11-8-16(2)28-25(19)31)24(26(32)29-35(33,34)18-9-10-18)30(22)14-17-5-3-4-6-21(17)27/h3-8,11-13,18H,9-10,14H2,1-2H3,(H,28,31)(H,29,32). The van der Waals surface area contributed by atoms with Crippen LogP contribution in [0.1, 0.15) is 40.2 Å². The Kier molecular flexibility index (Phi) is 5.81. The van der Waals surface area contributed by atoms with Crippen molar-refractivity contribution in [1.29, 1.82) is 0 Å². The maximum atomic E-state index is 13.7. The van der Waals surface area contributed by atoms with Crippen molar-refractivity contribution < 1.29 is 13.2 Å². The molecule has 0 saturated heterocycles. The largest absolute Gasteiger partial charge is 0.331 e. The van der Waals surface area contributed by atoms with Gasteiger partial charge in [0.2, 0.25) is 10.0 Å². The van der Waals surface area contributed by atoms with Crippen LogP contribution < -0.4 is 10.3 Å². The van der Waals surface area contributed by atoms with E-state index in [0.29, 0.717) is 40.0 Å². The Balaban J connectivity index is 1.81. The molecule has 0 bridgehead atoms. The van der Waals surface area contributed by atoms with Crippen LogP contribution in [0.3, 0.4) is 0 Å². The molecule has 1 saturated carbocycles. The first-order chi connectivity index (χ1) is 16.7. The van der Waals surface area contributed by atoms with E-state index in [1.807, 2.05) is 43.3 Å². The van der Waals surface area contributed by atoms with E-state index in [1.54, 1.807) is 29.7 Å². The average Bonchev–Trinajstić information content (AvgIpc) is 3.60. The lowest BCUT2D eigenvalue weighted by atomic mass is 10.0. The number of aromatic amines is 1. The van der Waals surface area contributed by atoms with E-state index in [2.05, 4.69) is 9.71 Å². The molecule has 0 unspecified atom stereocenters. The zero-order valence-electron chi connectivity index (χ0n) is 19.3. The fourth-order valence-electron chi connectivity index (χ4n) is 4.35. The molecule has 2 aromatic carbocycles. The van der Waals surface area contributed by atoms with E-state index >= 15 is 0 Å². The van der Waals surface area contributed by atoms with Gasteiger partial charge < -0.3 is 9.55 Å². The minimum Gasteiger partial charge on any atom is -0.331 e. The minimum absolute atomic E-state index is 0.101. The summed E-state index contributed by atoms with van der Waals surface area (Å²) in [6.07, 6.45) is 1.05. The summed E-state index contributed by atoms with van der Waals surface area (Å²) in [7, 11) is -3.82. The number of rotatable bonds is 6. The number of sulfonamides is 1. The number of nitrogens with one attached hydrogen (secondary N) is 2. The lowest BCUT2D eigenvalue weighted by molar-refractivity contribution is 0.0974. The van der Waals surface area contributed by atoms with Gasteiger partial charge in [-0.25, -0.2) is 13.1 Å². The Bertz CT molecular complexity index is 1650. The van der Waals surface area contributed by atoms with Gasteiger partial charge in [0.05, 0.1) is 5.25 Å². The topological polar surface area (TPSA) is 101 Å². The Labute approximate surface area is 207 Å². The van der Waals surface area contributed by atoms with Crippen LogP contribution in [0.25, 0.3) is 22.0 Å².